The SMILES string of the molecule is CCCC[SiH](CCCC)CCCC.O=S(=O)(O)C(F)(F)F. The summed E-state index contributed by atoms with van der Waals surface area (Å²) in [4.78, 5) is 0. The molecule has 0 aromatic rings. The highest BCUT2D eigenvalue weighted by atomic mass is 32.2. The molecule has 3 nitrogen and oxygen atoms in total. The van der Waals surface area contributed by atoms with E-state index in [0.29, 0.717) is 0 Å². The third-order valence-electron chi connectivity index (χ3n) is 3.19. The second kappa shape index (κ2) is 12.5. The van der Waals surface area contributed by atoms with Gasteiger partial charge in [-0.15, -0.1) is 0 Å². The molecule has 0 atom stereocenters. The van der Waals surface area contributed by atoms with E-state index in [1.165, 1.54) is 38.5 Å². The highest BCUT2D eigenvalue weighted by molar-refractivity contribution is 7.86. The van der Waals surface area contributed by atoms with Gasteiger partial charge in [0, 0.05) is 8.80 Å². The van der Waals surface area contributed by atoms with Crippen LogP contribution in [0.25, 0.3) is 0 Å². The van der Waals surface area contributed by atoms with E-state index in [4.69, 9.17) is 13.0 Å². The predicted molar refractivity (Wildman–Crippen MR) is 83.9 cm³/mol. The molecule has 0 fully saturated rings. The molecule has 0 aromatic carbocycles. The average molecular weight is 351 g/mol. The van der Waals surface area contributed by atoms with Crippen molar-refractivity contribution in [2.24, 2.45) is 0 Å². The summed E-state index contributed by atoms with van der Waals surface area (Å²) in [5.74, 6) is 0. The molecule has 0 saturated heterocycles. The van der Waals surface area contributed by atoms with Crippen LogP contribution in [0.3, 0.4) is 0 Å². The van der Waals surface area contributed by atoms with E-state index in [1.54, 1.807) is 18.1 Å². The minimum atomic E-state index is -5.84. The molecule has 0 aliphatic heterocycles. The Kier molecular flexibility index (Phi) is 13.8. The van der Waals surface area contributed by atoms with Crippen LogP contribution in [-0.2, 0) is 10.1 Å². The third-order valence-corrected chi connectivity index (χ3v) is 7.45. The van der Waals surface area contributed by atoms with E-state index in [0.717, 1.165) is 0 Å². The standard InChI is InChI=1S/C12H28Si.CHF3O3S/c1-4-7-10-13(11-8-5-2)12-9-6-3;2-1(3,4)8(5,6)7/h13H,4-12H2,1-3H3;(H,5,6,7). The van der Waals surface area contributed by atoms with Gasteiger partial charge in [0.15, 0.2) is 0 Å². The first-order chi connectivity index (χ1) is 9.60. The summed E-state index contributed by atoms with van der Waals surface area (Å²) in [5, 5.41) is 0. The van der Waals surface area contributed by atoms with Gasteiger partial charge >= 0.3 is 15.6 Å². The zero-order chi connectivity index (χ0) is 16.9. The van der Waals surface area contributed by atoms with Gasteiger partial charge in [-0.3, -0.25) is 4.55 Å². The maximum Gasteiger partial charge on any atom is 0.522 e. The first kappa shape index (κ1) is 23.2. The molecule has 0 unspecified atom stereocenters. The number of unbranched alkanes of at least 4 members (excludes halogenated alkanes) is 3. The summed E-state index contributed by atoms with van der Waals surface area (Å²) in [6, 6.07) is 4.86. The quantitative estimate of drug-likeness (QED) is 0.361. The van der Waals surface area contributed by atoms with E-state index < -0.39 is 15.6 Å². The first-order valence-electron chi connectivity index (χ1n) is 7.63. The zero-order valence-electron chi connectivity index (χ0n) is 13.2. The third kappa shape index (κ3) is 14.6. The topological polar surface area (TPSA) is 54.4 Å². The van der Waals surface area contributed by atoms with Crippen molar-refractivity contribution in [3.63, 3.8) is 0 Å². The molecule has 0 aromatic heterocycles. The Labute approximate surface area is 128 Å². The average Bonchev–Trinajstić information content (AvgIpc) is 2.36. The Bertz CT molecular complexity index is 313. The number of hydrogen-bond acceptors (Lipinski definition) is 2. The van der Waals surface area contributed by atoms with E-state index in [1.807, 2.05) is 0 Å². The van der Waals surface area contributed by atoms with Crippen molar-refractivity contribution in [3.8, 4) is 0 Å². The summed E-state index contributed by atoms with van der Waals surface area (Å²) in [5.41, 5.74) is -5.53. The van der Waals surface area contributed by atoms with Gasteiger partial charge < -0.3 is 0 Å². The molecule has 0 bridgehead atoms. The monoisotopic (exact) mass is 350 g/mol. The Morgan fingerprint density at radius 2 is 1.10 bits per heavy atom. The van der Waals surface area contributed by atoms with E-state index in [2.05, 4.69) is 20.8 Å². The molecule has 0 saturated carbocycles. The number of rotatable bonds is 9. The summed E-state index contributed by atoms with van der Waals surface area (Å²) >= 11 is 0. The minimum absolute atomic E-state index is 0.287. The molecule has 0 aliphatic rings. The summed E-state index contributed by atoms with van der Waals surface area (Å²) in [6.07, 6.45) is 8.73. The van der Waals surface area contributed by atoms with Crippen molar-refractivity contribution >= 4 is 18.9 Å². The second-order valence-corrected chi connectivity index (χ2v) is 10.1. The van der Waals surface area contributed by atoms with Gasteiger partial charge in [-0.2, -0.15) is 21.6 Å². The molecule has 8 heteroatoms. The van der Waals surface area contributed by atoms with Crippen LogP contribution >= 0.6 is 0 Å². The Morgan fingerprint density at radius 3 is 1.24 bits per heavy atom. The van der Waals surface area contributed by atoms with Crippen LogP contribution < -0.4 is 0 Å². The molecule has 1 N–H and O–H groups in total. The fourth-order valence-electron chi connectivity index (χ4n) is 1.91. The van der Waals surface area contributed by atoms with Gasteiger partial charge in [0.05, 0.1) is 0 Å². The van der Waals surface area contributed by atoms with Crippen molar-refractivity contribution < 1.29 is 26.1 Å². The fraction of sp³-hybridized carbons (Fsp3) is 1.00. The van der Waals surface area contributed by atoms with Crippen LogP contribution in [0.4, 0.5) is 13.2 Å². The van der Waals surface area contributed by atoms with Crippen molar-refractivity contribution in [2.75, 3.05) is 0 Å². The lowest BCUT2D eigenvalue weighted by Crippen LogP contribution is -2.21. The van der Waals surface area contributed by atoms with Crippen molar-refractivity contribution in [1.29, 1.82) is 0 Å². The minimum Gasteiger partial charge on any atom is -0.279 e. The van der Waals surface area contributed by atoms with Gasteiger partial charge in [-0.05, 0) is 0 Å². The van der Waals surface area contributed by atoms with Gasteiger partial charge in [0.1, 0.15) is 0 Å². The van der Waals surface area contributed by atoms with Crippen molar-refractivity contribution in [2.45, 2.75) is 82.9 Å². The highest BCUT2D eigenvalue weighted by Crippen LogP contribution is 2.20. The zero-order valence-corrected chi connectivity index (χ0v) is 15.2. The van der Waals surface area contributed by atoms with Crippen molar-refractivity contribution in [3.05, 3.63) is 0 Å². The Morgan fingerprint density at radius 1 is 0.857 bits per heavy atom. The van der Waals surface area contributed by atoms with Crippen LogP contribution in [-0.4, -0.2) is 27.3 Å². The summed E-state index contributed by atoms with van der Waals surface area (Å²) in [7, 11) is -6.13. The van der Waals surface area contributed by atoms with E-state index in [-0.39, 0.29) is 8.80 Å². The molecular formula is C13H29F3O3SSi. The van der Waals surface area contributed by atoms with Gasteiger partial charge in [-0.1, -0.05) is 77.4 Å². The van der Waals surface area contributed by atoms with Crippen molar-refractivity contribution in [1.82, 2.24) is 0 Å². The number of hydrogen-bond donors (Lipinski definition) is 1. The lowest BCUT2D eigenvalue weighted by atomic mass is 10.4. The molecule has 21 heavy (non-hydrogen) atoms. The Hall–Kier alpha value is -0.0831. The van der Waals surface area contributed by atoms with Crippen LogP contribution in [0.5, 0.6) is 0 Å². The van der Waals surface area contributed by atoms with Gasteiger partial charge in [0.25, 0.3) is 0 Å². The summed E-state index contributed by atoms with van der Waals surface area (Å²) < 4.78 is 57.5. The van der Waals surface area contributed by atoms with E-state index in [9.17, 15) is 13.2 Å². The summed E-state index contributed by atoms with van der Waals surface area (Å²) in [6.45, 7) is 6.97. The van der Waals surface area contributed by atoms with Gasteiger partial charge in [-0.25, -0.2) is 0 Å². The Balaban J connectivity index is 0. The van der Waals surface area contributed by atoms with Crippen LogP contribution in [0.1, 0.15) is 59.3 Å². The molecule has 130 valence electrons. The predicted octanol–water partition coefficient (Wildman–Crippen LogP) is 5.01. The van der Waals surface area contributed by atoms with Crippen LogP contribution in [0.15, 0.2) is 0 Å². The lowest BCUT2D eigenvalue weighted by Gasteiger charge is -2.13. The fourth-order valence-corrected chi connectivity index (χ4v) is 5.73. The van der Waals surface area contributed by atoms with Crippen LogP contribution in [0.2, 0.25) is 18.1 Å². The molecule has 0 spiro atoms. The molecule has 0 heterocycles. The normalized spacial score (nSPS) is 12.2. The maximum absolute atomic E-state index is 10.7. The molecule has 0 amide bonds. The smallest absolute Gasteiger partial charge is 0.279 e. The first-order valence-corrected chi connectivity index (χ1v) is 11.5. The second-order valence-electron chi connectivity index (χ2n) is 5.21. The number of halogens is 3. The van der Waals surface area contributed by atoms with E-state index >= 15 is 0 Å². The molecule has 0 aliphatic carbocycles. The maximum atomic E-state index is 10.7. The molecule has 0 radical (unpaired) electrons. The largest absolute Gasteiger partial charge is 0.522 e. The lowest BCUT2D eigenvalue weighted by molar-refractivity contribution is -0.0510. The van der Waals surface area contributed by atoms with Gasteiger partial charge in [0.2, 0.25) is 0 Å². The van der Waals surface area contributed by atoms with Crippen LogP contribution in [0, 0.1) is 0 Å². The number of alkyl halides is 3. The molecular weight excluding hydrogens is 321 g/mol. The highest BCUT2D eigenvalue weighted by Gasteiger charge is 2.44. The molecule has 0 rings (SSSR count).